The Morgan fingerprint density at radius 2 is 1.73 bits per heavy atom. The van der Waals surface area contributed by atoms with Crippen LogP contribution in [-0.2, 0) is 0 Å². The van der Waals surface area contributed by atoms with Gasteiger partial charge in [-0.2, -0.15) is 5.10 Å². The zero-order chi connectivity index (χ0) is 22.4. The Bertz CT molecular complexity index is 1620. The van der Waals surface area contributed by atoms with E-state index in [4.69, 9.17) is 4.74 Å². The number of rotatable bonds is 4. The summed E-state index contributed by atoms with van der Waals surface area (Å²) >= 11 is 0. The number of pyridine rings is 2. The highest BCUT2D eigenvalue weighted by Gasteiger charge is 2.16. The molecule has 8 nitrogen and oxygen atoms in total. The average Bonchev–Trinajstić information content (AvgIpc) is 3.47. The number of methoxy groups -OCH3 is 1. The Morgan fingerprint density at radius 1 is 0.848 bits per heavy atom. The van der Waals surface area contributed by atoms with E-state index in [0.717, 1.165) is 38.8 Å². The van der Waals surface area contributed by atoms with Crippen LogP contribution in [0.25, 0.3) is 55.7 Å². The van der Waals surface area contributed by atoms with Crippen molar-refractivity contribution in [3.8, 4) is 39.5 Å². The Morgan fingerprint density at radius 3 is 2.58 bits per heavy atom. The molecule has 0 radical (unpaired) electrons. The number of nitrogens with one attached hydrogen (secondary N) is 2. The van der Waals surface area contributed by atoms with Crippen LogP contribution in [0.1, 0.15) is 0 Å². The highest BCUT2D eigenvalue weighted by atomic mass is 19.1. The first kappa shape index (κ1) is 19.1. The van der Waals surface area contributed by atoms with Gasteiger partial charge in [-0.25, -0.2) is 19.3 Å². The molecule has 5 heterocycles. The molecule has 0 aliphatic carbocycles. The number of H-pyrrole nitrogens is 2. The van der Waals surface area contributed by atoms with E-state index in [1.165, 1.54) is 25.6 Å². The maximum Gasteiger partial charge on any atom is 0.155 e. The van der Waals surface area contributed by atoms with Crippen LogP contribution in [0.5, 0.6) is 5.75 Å². The minimum atomic E-state index is -0.388. The summed E-state index contributed by atoms with van der Waals surface area (Å²) in [6, 6.07) is 10.4. The summed E-state index contributed by atoms with van der Waals surface area (Å²) < 4.78 is 19.4. The molecule has 2 N–H and O–H groups in total. The standard InChI is InChI=1S/C24H16FN7O/c1-33-17-5-13(4-16(25)7-17)22-18-8-21(30-20(18)2-3-28-22)23-19-6-14(11-29-24(19)32-31-23)15-9-26-12-27-10-15/h2-12,30H,1H3,(H,29,31,32). The van der Waals surface area contributed by atoms with Crippen LogP contribution in [0.4, 0.5) is 4.39 Å². The lowest BCUT2D eigenvalue weighted by molar-refractivity contribution is 0.411. The molecule has 0 saturated heterocycles. The summed E-state index contributed by atoms with van der Waals surface area (Å²) in [5.41, 5.74) is 6.05. The van der Waals surface area contributed by atoms with Crippen molar-refractivity contribution >= 4 is 21.9 Å². The Balaban J connectivity index is 1.50. The van der Waals surface area contributed by atoms with Crippen molar-refractivity contribution in [2.24, 2.45) is 0 Å². The van der Waals surface area contributed by atoms with E-state index in [2.05, 4.69) is 35.1 Å². The monoisotopic (exact) mass is 437 g/mol. The number of benzene rings is 1. The molecule has 0 atom stereocenters. The third-order valence-electron chi connectivity index (χ3n) is 5.49. The van der Waals surface area contributed by atoms with Crippen LogP contribution in [-0.4, -0.2) is 42.2 Å². The lowest BCUT2D eigenvalue weighted by Crippen LogP contribution is -1.89. The van der Waals surface area contributed by atoms with Gasteiger partial charge in [-0.3, -0.25) is 10.1 Å². The second kappa shape index (κ2) is 7.49. The molecular formula is C24H16FN7O. The van der Waals surface area contributed by atoms with Gasteiger partial charge < -0.3 is 9.72 Å². The van der Waals surface area contributed by atoms with Crippen molar-refractivity contribution in [2.75, 3.05) is 7.11 Å². The Hall–Kier alpha value is -4.66. The van der Waals surface area contributed by atoms with Gasteiger partial charge in [0.1, 0.15) is 23.6 Å². The van der Waals surface area contributed by atoms with E-state index < -0.39 is 0 Å². The van der Waals surface area contributed by atoms with Crippen LogP contribution in [0.2, 0.25) is 0 Å². The van der Waals surface area contributed by atoms with E-state index >= 15 is 0 Å². The fourth-order valence-electron chi connectivity index (χ4n) is 3.94. The van der Waals surface area contributed by atoms with Crippen molar-refractivity contribution in [3.05, 3.63) is 73.3 Å². The summed E-state index contributed by atoms with van der Waals surface area (Å²) in [5.74, 6) is 0.0436. The van der Waals surface area contributed by atoms with Crippen molar-refractivity contribution in [1.82, 2.24) is 35.1 Å². The number of aromatic nitrogens is 7. The predicted octanol–water partition coefficient (Wildman–Crippen LogP) is 4.77. The maximum absolute atomic E-state index is 14.1. The SMILES string of the molecule is COc1cc(F)cc(-c2nccc3[nH]c(-c4n[nH]c5ncc(-c6cncnc6)cc45)cc23)c1. The Labute approximate surface area is 186 Å². The van der Waals surface area contributed by atoms with Crippen molar-refractivity contribution in [2.45, 2.75) is 0 Å². The van der Waals surface area contributed by atoms with Crippen molar-refractivity contribution in [1.29, 1.82) is 0 Å². The van der Waals surface area contributed by atoms with Gasteiger partial charge >= 0.3 is 0 Å². The average molecular weight is 437 g/mol. The molecule has 0 aliphatic rings. The lowest BCUT2D eigenvalue weighted by atomic mass is 10.1. The molecule has 9 heteroatoms. The Kier molecular flexibility index (Phi) is 4.32. The van der Waals surface area contributed by atoms with E-state index in [1.54, 1.807) is 30.9 Å². The third kappa shape index (κ3) is 3.26. The zero-order valence-corrected chi connectivity index (χ0v) is 17.4. The molecule has 0 aliphatic heterocycles. The van der Waals surface area contributed by atoms with Gasteiger partial charge in [-0.05, 0) is 30.3 Å². The largest absolute Gasteiger partial charge is 0.497 e. The normalized spacial score (nSPS) is 11.3. The van der Waals surface area contributed by atoms with Crippen LogP contribution in [0, 0.1) is 5.82 Å². The molecule has 6 rings (SSSR count). The van der Waals surface area contributed by atoms with Crippen LogP contribution >= 0.6 is 0 Å². The molecule has 0 amide bonds. The lowest BCUT2D eigenvalue weighted by Gasteiger charge is -2.06. The molecule has 33 heavy (non-hydrogen) atoms. The van der Waals surface area contributed by atoms with Crippen LogP contribution in [0.3, 0.4) is 0 Å². The predicted molar refractivity (Wildman–Crippen MR) is 122 cm³/mol. The molecule has 6 aromatic rings. The molecule has 0 saturated carbocycles. The van der Waals surface area contributed by atoms with Crippen LogP contribution in [0.15, 0.2) is 67.5 Å². The summed E-state index contributed by atoms with van der Waals surface area (Å²) in [6.45, 7) is 0. The third-order valence-corrected chi connectivity index (χ3v) is 5.49. The first-order valence-electron chi connectivity index (χ1n) is 10.1. The second-order valence-electron chi connectivity index (χ2n) is 7.50. The zero-order valence-electron chi connectivity index (χ0n) is 17.4. The number of hydrogen-bond donors (Lipinski definition) is 2. The van der Waals surface area contributed by atoms with E-state index in [0.29, 0.717) is 22.7 Å². The minimum absolute atomic E-state index is 0.388. The first-order chi connectivity index (χ1) is 16.2. The number of aromatic amines is 2. The van der Waals surface area contributed by atoms with Crippen molar-refractivity contribution in [3.63, 3.8) is 0 Å². The molecule has 160 valence electrons. The quantitative estimate of drug-likeness (QED) is 0.411. The molecule has 0 unspecified atom stereocenters. The maximum atomic E-state index is 14.1. The molecule has 0 spiro atoms. The molecule has 5 aromatic heterocycles. The number of halogens is 1. The molecule has 0 fully saturated rings. The van der Waals surface area contributed by atoms with Gasteiger partial charge in [0.25, 0.3) is 0 Å². The highest BCUT2D eigenvalue weighted by molar-refractivity contribution is 6.00. The first-order valence-corrected chi connectivity index (χ1v) is 10.1. The van der Waals surface area contributed by atoms with Gasteiger partial charge in [0, 0.05) is 63.8 Å². The molecule has 1 aromatic carbocycles. The molecular weight excluding hydrogens is 421 g/mol. The number of hydrogen-bond acceptors (Lipinski definition) is 6. The summed E-state index contributed by atoms with van der Waals surface area (Å²) in [4.78, 5) is 20.6. The second-order valence-corrected chi connectivity index (χ2v) is 7.50. The van der Waals surface area contributed by atoms with Gasteiger partial charge in [0.05, 0.1) is 18.5 Å². The number of nitrogens with zero attached hydrogens (tertiary/aromatic N) is 5. The van der Waals surface area contributed by atoms with E-state index in [-0.39, 0.29) is 5.82 Å². The van der Waals surface area contributed by atoms with Gasteiger partial charge in [0.15, 0.2) is 5.65 Å². The van der Waals surface area contributed by atoms with Crippen molar-refractivity contribution < 1.29 is 9.13 Å². The smallest absolute Gasteiger partial charge is 0.155 e. The van der Waals surface area contributed by atoms with Gasteiger partial charge in [0.2, 0.25) is 0 Å². The summed E-state index contributed by atoms with van der Waals surface area (Å²) in [5, 5.41) is 9.17. The van der Waals surface area contributed by atoms with Crippen LogP contribution < -0.4 is 4.74 Å². The fourth-order valence-corrected chi connectivity index (χ4v) is 3.94. The van der Waals surface area contributed by atoms with Gasteiger partial charge in [-0.1, -0.05) is 0 Å². The van der Waals surface area contributed by atoms with E-state index in [9.17, 15) is 4.39 Å². The molecule has 0 bridgehead atoms. The minimum Gasteiger partial charge on any atom is -0.497 e. The fraction of sp³-hybridized carbons (Fsp3) is 0.0417. The van der Waals surface area contributed by atoms with Gasteiger partial charge in [-0.15, -0.1) is 0 Å². The number of ether oxygens (including phenoxy) is 1. The van der Waals surface area contributed by atoms with E-state index in [1.807, 2.05) is 18.2 Å². The highest BCUT2D eigenvalue weighted by Crippen LogP contribution is 2.34. The topological polar surface area (TPSA) is 105 Å². The summed E-state index contributed by atoms with van der Waals surface area (Å²) in [7, 11) is 1.51. The number of fused-ring (bicyclic) bond motifs is 2. The summed E-state index contributed by atoms with van der Waals surface area (Å²) in [6.07, 6.45) is 8.41.